The van der Waals surface area contributed by atoms with Crippen LogP contribution in [0.1, 0.15) is 5.69 Å². The van der Waals surface area contributed by atoms with Crippen molar-refractivity contribution in [2.45, 2.75) is 11.5 Å². The summed E-state index contributed by atoms with van der Waals surface area (Å²) in [6.07, 6.45) is 1.68. The normalized spacial score (nSPS) is 15.0. The summed E-state index contributed by atoms with van der Waals surface area (Å²) in [4.78, 5) is 12.0. The molecule has 0 amide bonds. The third-order valence-corrected chi connectivity index (χ3v) is 7.15. The molecule has 0 aliphatic carbocycles. The van der Waals surface area contributed by atoms with Gasteiger partial charge in [0.15, 0.2) is 0 Å². The van der Waals surface area contributed by atoms with Crippen LogP contribution in [0.25, 0.3) is 16.7 Å². The molecule has 1 aliphatic heterocycles. The summed E-state index contributed by atoms with van der Waals surface area (Å²) in [5, 5.41) is 8.87. The van der Waals surface area contributed by atoms with Crippen molar-refractivity contribution in [2.24, 2.45) is 0 Å². The van der Waals surface area contributed by atoms with E-state index in [9.17, 15) is 13.2 Å². The van der Waals surface area contributed by atoms with Crippen molar-refractivity contribution in [2.75, 3.05) is 26.3 Å². The first-order chi connectivity index (χ1) is 16.0. The molecule has 1 fully saturated rings. The first kappa shape index (κ1) is 21.3. The van der Waals surface area contributed by atoms with Gasteiger partial charge in [-0.25, -0.2) is 17.9 Å². The van der Waals surface area contributed by atoms with Crippen molar-refractivity contribution in [1.29, 1.82) is 0 Å². The van der Waals surface area contributed by atoms with Crippen LogP contribution in [0.4, 0.5) is 0 Å². The molecule has 10 nitrogen and oxygen atoms in total. The highest BCUT2D eigenvalue weighted by Gasteiger charge is 2.26. The SMILES string of the molecule is O=c1cc(OCc2cn(-c3ccc(S(=O)(=O)N4CCOCC4)cc3)nn2)c2ccccc2o1. The van der Waals surface area contributed by atoms with Crippen molar-refractivity contribution < 1.29 is 22.3 Å². The molecule has 11 heteroatoms. The Balaban J connectivity index is 1.31. The number of fused-ring (bicyclic) bond motifs is 1. The Kier molecular flexibility index (Phi) is 5.67. The second-order valence-electron chi connectivity index (χ2n) is 7.38. The monoisotopic (exact) mass is 468 g/mol. The van der Waals surface area contributed by atoms with Crippen molar-refractivity contribution in [3.8, 4) is 11.4 Å². The number of sulfonamides is 1. The molecule has 0 saturated carbocycles. The second-order valence-corrected chi connectivity index (χ2v) is 9.32. The lowest BCUT2D eigenvalue weighted by Gasteiger charge is -2.26. The van der Waals surface area contributed by atoms with Crippen molar-refractivity contribution in [3.05, 3.63) is 76.9 Å². The molecule has 0 radical (unpaired) electrons. The summed E-state index contributed by atoms with van der Waals surface area (Å²) >= 11 is 0. The van der Waals surface area contributed by atoms with E-state index in [0.717, 1.165) is 0 Å². The molecule has 2 aromatic carbocycles. The fraction of sp³-hybridized carbons (Fsp3) is 0.227. The van der Waals surface area contributed by atoms with Gasteiger partial charge in [0, 0.05) is 13.1 Å². The highest BCUT2D eigenvalue weighted by molar-refractivity contribution is 7.89. The van der Waals surface area contributed by atoms with Crippen LogP contribution in [0.15, 0.2) is 74.9 Å². The number of morpholine rings is 1. The zero-order chi connectivity index (χ0) is 22.8. The summed E-state index contributed by atoms with van der Waals surface area (Å²) in [5.41, 5.74) is 1.13. The Morgan fingerprint density at radius 1 is 1.03 bits per heavy atom. The lowest BCUT2D eigenvalue weighted by Crippen LogP contribution is -2.40. The Morgan fingerprint density at radius 3 is 2.58 bits per heavy atom. The van der Waals surface area contributed by atoms with Gasteiger partial charge in [0.05, 0.1) is 41.4 Å². The quantitative estimate of drug-likeness (QED) is 0.394. The minimum Gasteiger partial charge on any atom is -0.486 e. The standard InChI is InChI=1S/C22H20N4O6S/c27-22-13-21(19-3-1-2-4-20(19)32-22)31-15-16-14-26(24-23-16)17-5-7-18(8-6-17)33(28,29)25-9-11-30-12-10-25/h1-8,13-14H,9-12,15H2. The Bertz CT molecular complexity index is 1440. The molecule has 0 bridgehead atoms. The van der Waals surface area contributed by atoms with Crippen LogP contribution < -0.4 is 10.4 Å². The molecule has 2 aromatic heterocycles. The van der Waals surface area contributed by atoms with E-state index in [4.69, 9.17) is 13.9 Å². The summed E-state index contributed by atoms with van der Waals surface area (Å²) in [6.45, 7) is 1.57. The van der Waals surface area contributed by atoms with Crippen molar-refractivity contribution >= 4 is 21.0 Å². The lowest BCUT2D eigenvalue weighted by molar-refractivity contribution is 0.0730. The van der Waals surface area contributed by atoms with Crippen molar-refractivity contribution in [1.82, 2.24) is 19.3 Å². The summed E-state index contributed by atoms with van der Waals surface area (Å²) in [6, 6.07) is 14.8. The van der Waals surface area contributed by atoms with Gasteiger partial charge in [-0.1, -0.05) is 17.3 Å². The third-order valence-electron chi connectivity index (χ3n) is 5.24. The van der Waals surface area contributed by atoms with Gasteiger partial charge in [-0.2, -0.15) is 4.31 Å². The van der Waals surface area contributed by atoms with Crippen molar-refractivity contribution in [3.63, 3.8) is 0 Å². The number of aromatic nitrogens is 3. The van der Waals surface area contributed by atoms with Gasteiger partial charge in [-0.15, -0.1) is 5.10 Å². The predicted octanol–water partition coefficient (Wildman–Crippen LogP) is 1.97. The van der Waals surface area contributed by atoms with Gasteiger partial charge in [-0.3, -0.25) is 0 Å². The summed E-state index contributed by atoms with van der Waals surface area (Å²) in [5.74, 6) is 0.397. The van der Waals surface area contributed by atoms with E-state index in [1.54, 1.807) is 48.7 Å². The molecule has 0 N–H and O–H groups in total. The molecule has 3 heterocycles. The van der Waals surface area contributed by atoms with Crippen LogP contribution in [-0.4, -0.2) is 54.0 Å². The van der Waals surface area contributed by atoms with E-state index in [1.165, 1.54) is 15.1 Å². The topological polar surface area (TPSA) is 117 Å². The van der Waals surface area contributed by atoms with Gasteiger partial charge in [0.1, 0.15) is 23.6 Å². The fourth-order valence-corrected chi connectivity index (χ4v) is 4.96. The molecule has 33 heavy (non-hydrogen) atoms. The van der Waals surface area contributed by atoms with Gasteiger partial charge >= 0.3 is 5.63 Å². The molecule has 0 spiro atoms. The average molecular weight is 468 g/mol. The number of ether oxygens (including phenoxy) is 2. The Labute approximate surface area is 189 Å². The smallest absolute Gasteiger partial charge is 0.339 e. The maximum Gasteiger partial charge on any atom is 0.339 e. The molecule has 0 atom stereocenters. The first-order valence-corrected chi connectivity index (χ1v) is 11.7. The van der Waals surface area contributed by atoms with Gasteiger partial charge in [0.25, 0.3) is 0 Å². The van der Waals surface area contributed by atoms with Crippen LogP contribution in [0.3, 0.4) is 0 Å². The average Bonchev–Trinajstić information content (AvgIpc) is 3.32. The largest absolute Gasteiger partial charge is 0.486 e. The number of benzene rings is 2. The highest BCUT2D eigenvalue weighted by Crippen LogP contribution is 2.24. The Morgan fingerprint density at radius 2 is 1.79 bits per heavy atom. The zero-order valence-electron chi connectivity index (χ0n) is 17.5. The molecule has 4 aromatic rings. The van der Waals surface area contributed by atoms with Gasteiger partial charge in [-0.05, 0) is 36.4 Å². The molecule has 1 aliphatic rings. The van der Waals surface area contributed by atoms with Crippen LogP contribution in [0, 0.1) is 0 Å². The number of rotatable bonds is 6. The molecular formula is C22H20N4O6S. The van der Waals surface area contributed by atoms with E-state index in [0.29, 0.717) is 54.4 Å². The number of nitrogens with zero attached hydrogens (tertiary/aromatic N) is 4. The van der Waals surface area contributed by atoms with E-state index in [-0.39, 0.29) is 11.5 Å². The molecule has 0 unspecified atom stereocenters. The van der Waals surface area contributed by atoms with Crippen LogP contribution in [0.5, 0.6) is 5.75 Å². The summed E-state index contributed by atoms with van der Waals surface area (Å²) in [7, 11) is -3.56. The van der Waals surface area contributed by atoms with Gasteiger partial charge < -0.3 is 13.9 Å². The third kappa shape index (κ3) is 4.38. The van der Waals surface area contributed by atoms with Crippen LogP contribution in [0.2, 0.25) is 0 Å². The molecular weight excluding hydrogens is 448 g/mol. The maximum atomic E-state index is 12.8. The fourth-order valence-electron chi connectivity index (χ4n) is 3.55. The zero-order valence-corrected chi connectivity index (χ0v) is 18.3. The minimum atomic E-state index is -3.56. The Hall–Kier alpha value is -3.54. The van der Waals surface area contributed by atoms with Crippen LogP contribution in [-0.2, 0) is 21.4 Å². The number of hydrogen-bond donors (Lipinski definition) is 0. The maximum absolute atomic E-state index is 12.8. The van der Waals surface area contributed by atoms with Crippen LogP contribution >= 0.6 is 0 Å². The molecule has 1 saturated heterocycles. The summed E-state index contributed by atoms with van der Waals surface area (Å²) < 4.78 is 44.7. The second kappa shape index (κ2) is 8.77. The minimum absolute atomic E-state index is 0.0942. The predicted molar refractivity (Wildman–Crippen MR) is 118 cm³/mol. The lowest BCUT2D eigenvalue weighted by atomic mass is 10.2. The molecule has 170 valence electrons. The van der Waals surface area contributed by atoms with E-state index in [1.807, 2.05) is 6.07 Å². The first-order valence-electron chi connectivity index (χ1n) is 10.3. The van der Waals surface area contributed by atoms with E-state index in [2.05, 4.69) is 10.3 Å². The molecule has 5 rings (SSSR count). The highest BCUT2D eigenvalue weighted by atomic mass is 32.2. The van der Waals surface area contributed by atoms with E-state index >= 15 is 0 Å². The van der Waals surface area contributed by atoms with E-state index < -0.39 is 15.6 Å². The number of hydrogen-bond acceptors (Lipinski definition) is 8. The number of para-hydroxylation sites is 1. The van der Waals surface area contributed by atoms with Gasteiger partial charge in [0.2, 0.25) is 10.0 Å².